The molecule has 1 aromatic rings. The van der Waals surface area contributed by atoms with Crippen LogP contribution in [0, 0.1) is 6.92 Å². The first-order chi connectivity index (χ1) is 9.78. The van der Waals surface area contributed by atoms with Crippen LogP contribution in [-0.4, -0.2) is 49.5 Å². The molecule has 0 bridgehead atoms. The summed E-state index contributed by atoms with van der Waals surface area (Å²) in [5, 5.41) is 9.02. The smallest absolute Gasteiger partial charge is 0.346 e. The molecule has 2 rings (SSSR count). The summed E-state index contributed by atoms with van der Waals surface area (Å²) in [6.07, 6.45) is 0.969. The summed E-state index contributed by atoms with van der Waals surface area (Å²) in [5.41, 5.74) is 0.389. The Hall–Kier alpha value is -1.45. The van der Waals surface area contributed by atoms with Crippen LogP contribution in [0.1, 0.15) is 28.1 Å². The van der Waals surface area contributed by atoms with E-state index in [-0.39, 0.29) is 15.6 Å². The lowest BCUT2D eigenvalue weighted by atomic mass is 10.2. The lowest BCUT2D eigenvalue weighted by molar-refractivity contribution is -0.144. The molecule has 0 aromatic carbocycles. The third-order valence-corrected chi connectivity index (χ3v) is 6.91. The number of carboxylic acid groups (broad SMARTS) is 1. The van der Waals surface area contributed by atoms with Crippen molar-refractivity contribution >= 4 is 33.3 Å². The Morgan fingerprint density at radius 3 is 2.67 bits per heavy atom. The molecule has 0 radical (unpaired) electrons. The monoisotopic (exact) mass is 333 g/mol. The average molecular weight is 333 g/mol. The van der Waals surface area contributed by atoms with Crippen LogP contribution in [0.15, 0.2) is 10.3 Å². The Kier molecular flexibility index (Phi) is 4.35. The Balaban J connectivity index is 2.40. The van der Waals surface area contributed by atoms with E-state index < -0.39 is 28.0 Å². The third kappa shape index (κ3) is 2.81. The fourth-order valence-electron chi connectivity index (χ4n) is 2.31. The summed E-state index contributed by atoms with van der Waals surface area (Å²) in [6.45, 7) is 1.77. The van der Waals surface area contributed by atoms with Crippen LogP contribution >= 0.6 is 11.3 Å². The summed E-state index contributed by atoms with van der Waals surface area (Å²) in [6, 6.07) is 0.492. The molecule has 0 aliphatic carbocycles. The van der Waals surface area contributed by atoms with Gasteiger partial charge in [-0.25, -0.2) is 13.2 Å². The highest BCUT2D eigenvalue weighted by Gasteiger charge is 2.41. The Bertz CT molecular complexity index is 678. The molecule has 0 saturated carbocycles. The van der Waals surface area contributed by atoms with Crippen molar-refractivity contribution in [3.05, 3.63) is 16.5 Å². The second kappa shape index (κ2) is 5.74. The predicted octanol–water partition coefficient (Wildman–Crippen LogP) is 1.08. The number of sulfonamides is 1. The summed E-state index contributed by atoms with van der Waals surface area (Å²) in [7, 11) is -2.68. The van der Waals surface area contributed by atoms with Gasteiger partial charge in [0, 0.05) is 6.54 Å². The fourth-order valence-corrected chi connectivity index (χ4v) is 5.46. The minimum Gasteiger partial charge on any atom is -0.477 e. The van der Waals surface area contributed by atoms with Crippen molar-refractivity contribution in [2.75, 3.05) is 13.7 Å². The molecule has 0 spiro atoms. The molecular weight excluding hydrogens is 318 g/mol. The van der Waals surface area contributed by atoms with Gasteiger partial charge in [-0.1, -0.05) is 0 Å². The minimum atomic E-state index is -3.89. The number of ether oxygens (including phenoxy) is 1. The maximum absolute atomic E-state index is 12.6. The molecule has 21 heavy (non-hydrogen) atoms. The molecule has 0 amide bonds. The van der Waals surface area contributed by atoms with E-state index >= 15 is 0 Å². The standard InChI is InChI=1S/C12H15NO6S2/c1-7-6-9(20-10(7)11(14)15)21(17,18)13-5-3-4-8(13)12(16)19-2/h6,8H,3-5H2,1-2H3,(H,14,15). The zero-order valence-corrected chi connectivity index (χ0v) is 13.2. The van der Waals surface area contributed by atoms with Crippen molar-refractivity contribution in [2.24, 2.45) is 0 Å². The van der Waals surface area contributed by atoms with Gasteiger partial charge in [0.1, 0.15) is 15.1 Å². The molecule has 7 nitrogen and oxygen atoms in total. The summed E-state index contributed by atoms with van der Waals surface area (Å²) >= 11 is 0.701. The highest BCUT2D eigenvalue weighted by atomic mass is 32.2. The molecule has 1 atom stereocenters. The zero-order valence-electron chi connectivity index (χ0n) is 11.5. The quantitative estimate of drug-likeness (QED) is 0.828. The maximum atomic E-state index is 12.6. The van der Waals surface area contributed by atoms with Gasteiger partial charge < -0.3 is 9.84 Å². The number of rotatable bonds is 4. The molecular formula is C12H15NO6S2. The Morgan fingerprint density at radius 2 is 2.14 bits per heavy atom. The van der Waals surface area contributed by atoms with Gasteiger partial charge in [0.25, 0.3) is 10.0 Å². The van der Waals surface area contributed by atoms with Crippen LogP contribution in [0.2, 0.25) is 0 Å². The Morgan fingerprint density at radius 1 is 1.48 bits per heavy atom. The van der Waals surface area contributed by atoms with E-state index in [0.29, 0.717) is 29.7 Å². The fraction of sp³-hybridized carbons (Fsp3) is 0.500. The predicted molar refractivity (Wildman–Crippen MR) is 74.9 cm³/mol. The molecule has 116 valence electrons. The van der Waals surface area contributed by atoms with Crippen LogP contribution in [-0.2, 0) is 19.6 Å². The van der Waals surface area contributed by atoms with E-state index in [1.165, 1.54) is 13.2 Å². The van der Waals surface area contributed by atoms with Crippen molar-refractivity contribution in [1.29, 1.82) is 0 Å². The minimum absolute atomic E-state index is 0.0117. The van der Waals surface area contributed by atoms with Crippen molar-refractivity contribution in [2.45, 2.75) is 30.0 Å². The molecule has 1 fully saturated rings. The molecule has 1 aliphatic heterocycles. The summed E-state index contributed by atoms with van der Waals surface area (Å²) < 4.78 is 30.8. The van der Waals surface area contributed by atoms with Crippen molar-refractivity contribution in [3.8, 4) is 0 Å². The van der Waals surface area contributed by atoms with E-state index in [0.717, 1.165) is 4.31 Å². The number of carboxylic acids is 1. The molecule has 1 saturated heterocycles. The molecule has 1 unspecified atom stereocenters. The topological polar surface area (TPSA) is 101 Å². The number of thiophene rings is 1. The first-order valence-electron chi connectivity index (χ1n) is 6.22. The number of hydrogen-bond acceptors (Lipinski definition) is 6. The number of methoxy groups -OCH3 is 1. The molecule has 9 heteroatoms. The average Bonchev–Trinajstić information content (AvgIpc) is 3.04. The van der Waals surface area contributed by atoms with Crippen molar-refractivity contribution in [3.63, 3.8) is 0 Å². The first kappa shape index (κ1) is 15.9. The van der Waals surface area contributed by atoms with Crippen LogP contribution in [0.4, 0.5) is 0 Å². The van der Waals surface area contributed by atoms with Gasteiger partial charge in [0.05, 0.1) is 7.11 Å². The van der Waals surface area contributed by atoms with Gasteiger partial charge >= 0.3 is 11.9 Å². The van der Waals surface area contributed by atoms with Gasteiger partial charge in [0.15, 0.2) is 0 Å². The molecule has 2 heterocycles. The van der Waals surface area contributed by atoms with E-state index in [2.05, 4.69) is 4.74 Å². The van der Waals surface area contributed by atoms with Crippen LogP contribution in [0.25, 0.3) is 0 Å². The highest BCUT2D eigenvalue weighted by molar-refractivity contribution is 7.91. The molecule has 1 aromatic heterocycles. The largest absolute Gasteiger partial charge is 0.477 e. The van der Waals surface area contributed by atoms with Crippen LogP contribution in [0.5, 0.6) is 0 Å². The summed E-state index contributed by atoms with van der Waals surface area (Å²) in [4.78, 5) is 22.7. The van der Waals surface area contributed by atoms with Gasteiger partial charge in [-0.15, -0.1) is 11.3 Å². The van der Waals surface area contributed by atoms with Crippen molar-refractivity contribution in [1.82, 2.24) is 4.31 Å². The van der Waals surface area contributed by atoms with E-state index in [9.17, 15) is 18.0 Å². The number of nitrogens with zero attached hydrogens (tertiary/aromatic N) is 1. The van der Waals surface area contributed by atoms with E-state index in [4.69, 9.17) is 5.11 Å². The molecule has 1 aliphatic rings. The van der Waals surface area contributed by atoms with Gasteiger partial charge in [-0.2, -0.15) is 4.31 Å². The van der Waals surface area contributed by atoms with E-state index in [1.54, 1.807) is 6.92 Å². The Labute approximate surface area is 126 Å². The number of esters is 1. The number of aryl methyl sites for hydroxylation is 1. The number of aromatic carboxylic acids is 1. The van der Waals surface area contributed by atoms with Crippen LogP contribution in [0.3, 0.4) is 0 Å². The molecule has 1 N–H and O–H groups in total. The normalized spacial score (nSPS) is 19.6. The van der Waals surface area contributed by atoms with Crippen molar-refractivity contribution < 1.29 is 27.9 Å². The van der Waals surface area contributed by atoms with E-state index in [1.807, 2.05) is 0 Å². The summed E-state index contributed by atoms with van der Waals surface area (Å²) in [5.74, 6) is -1.76. The number of carbonyl (C=O) groups excluding carboxylic acids is 1. The lowest BCUT2D eigenvalue weighted by Gasteiger charge is -2.21. The number of carbonyl (C=O) groups is 2. The second-order valence-corrected chi connectivity index (χ2v) is 7.85. The second-order valence-electron chi connectivity index (χ2n) is 4.68. The lowest BCUT2D eigenvalue weighted by Crippen LogP contribution is -2.40. The first-order valence-corrected chi connectivity index (χ1v) is 8.48. The van der Waals surface area contributed by atoms with Gasteiger partial charge in [-0.05, 0) is 31.4 Å². The number of hydrogen-bond donors (Lipinski definition) is 1. The van der Waals surface area contributed by atoms with Gasteiger partial charge in [-0.3, -0.25) is 4.79 Å². The third-order valence-electron chi connectivity index (χ3n) is 3.33. The maximum Gasteiger partial charge on any atom is 0.346 e. The SMILES string of the molecule is COC(=O)C1CCCN1S(=O)(=O)c1cc(C)c(C(=O)O)s1. The van der Waals surface area contributed by atoms with Gasteiger partial charge in [0.2, 0.25) is 0 Å². The zero-order chi connectivity index (χ0) is 15.8. The highest BCUT2D eigenvalue weighted by Crippen LogP contribution is 2.32. The van der Waals surface area contributed by atoms with Crippen LogP contribution < -0.4 is 0 Å².